The third kappa shape index (κ3) is 3.62. The Morgan fingerprint density at radius 3 is 2.82 bits per heavy atom. The van der Waals surface area contributed by atoms with Crippen molar-refractivity contribution in [1.82, 2.24) is 10.6 Å². The molecule has 22 heavy (non-hydrogen) atoms. The predicted molar refractivity (Wildman–Crippen MR) is 81.4 cm³/mol. The fourth-order valence-electron chi connectivity index (χ4n) is 2.59. The molecule has 1 aliphatic carbocycles. The Hall–Kier alpha value is -1.95. The maximum Gasteiger partial charge on any atom is 0.239 e. The molecule has 0 saturated carbocycles. The molecule has 0 spiro atoms. The zero-order valence-corrected chi connectivity index (χ0v) is 12.9. The molecular formula is C16H22FN3O2. The van der Waals surface area contributed by atoms with Gasteiger partial charge in [0, 0.05) is 0 Å². The van der Waals surface area contributed by atoms with E-state index in [4.69, 9.17) is 5.73 Å². The smallest absolute Gasteiger partial charge is 0.239 e. The molecule has 0 radical (unpaired) electrons. The Bertz CT molecular complexity index is 575. The van der Waals surface area contributed by atoms with Gasteiger partial charge in [0.25, 0.3) is 0 Å². The largest absolute Gasteiger partial charge is 0.348 e. The number of hydrogen-bond donors (Lipinski definition) is 3. The molecular weight excluding hydrogens is 285 g/mol. The number of carbonyl (C=O) groups excluding carboxylic acids is 2. The van der Waals surface area contributed by atoms with E-state index in [9.17, 15) is 14.0 Å². The quantitative estimate of drug-likeness (QED) is 0.759. The van der Waals surface area contributed by atoms with Crippen molar-refractivity contribution in [3.05, 3.63) is 35.1 Å². The van der Waals surface area contributed by atoms with Crippen LogP contribution >= 0.6 is 0 Å². The molecule has 2 rings (SSSR count). The van der Waals surface area contributed by atoms with E-state index >= 15 is 0 Å². The van der Waals surface area contributed by atoms with Gasteiger partial charge < -0.3 is 16.4 Å². The van der Waals surface area contributed by atoms with Crippen LogP contribution in [0.4, 0.5) is 4.39 Å². The standard InChI is InChI=1S/C16H22FN3O2/c1-9(2)15(18)16(22)19-8-14(21)20-13-7-6-10-11(13)4-3-5-12(10)17/h3-5,9,13,15H,6-8,18H2,1-2H3,(H,19,22)(H,20,21)/t13?,15-/m0/s1. The molecule has 120 valence electrons. The number of nitrogens with one attached hydrogen (secondary N) is 2. The van der Waals surface area contributed by atoms with Crippen LogP contribution < -0.4 is 16.4 Å². The van der Waals surface area contributed by atoms with Crippen molar-refractivity contribution in [2.45, 2.75) is 38.8 Å². The molecule has 1 aromatic rings. The van der Waals surface area contributed by atoms with Crippen molar-refractivity contribution in [2.24, 2.45) is 11.7 Å². The van der Waals surface area contributed by atoms with Gasteiger partial charge in [0.2, 0.25) is 11.8 Å². The number of fused-ring (bicyclic) bond motifs is 1. The van der Waals surface area contributed by atoms with Crippen LogP contribution in [0.15, 0.2) is 18.2 Å². The van der Waals surface area contributed by atoms with Crippen LogP contribution in [0, 0.1) is 11.7 Å². The molecule has 2 amide bonds. The monoisotopic (exact) mass is 307 g/mol. The molecule has 0 saturated heterocycles. The van der Waals surface area contributed by atoms with Gasteiger partial charge in [0.15, 0.2) is 0 Å². The zero-order chi connectivity index (χ0) is 16.3. The summed E-state index contributed by atoms with van der Waals surface area (Å²) in [7, 11) is 0. The molecule has 6 heteroatoms. The third-order valence-electron chi connectivity index (χ3n) is 3.99. The molecule has 0 aromatic heterocycles. The Morgan fingerprint density at radius 2 is 2.14 bits per heavy atom. The van der Waals surface area contributed by atoms with Gasteiger partial charge in [-0.15, -0.1) is 0 Å². The van der Waals surface area contributed by atoms with Gasteiger partial charge in [-0.2, -0.15) is 0 Å². The highest BCUT2D eigenvalue weighted by Gasteiger charge is 2.26. The molecule has 0 heterocycles. The summed E-state index contributed by atoms with van der Waals surface area (Å²) in [6.07, 6.45) is 1.28. The SMILES string of the molecule is CC(C)[C@H](N)C(=O)NCC(=O)NC1CCc2c(F)cccc21. The van der Waals surface area contributed by atoms with Crippen molar-refractivity contribution < 1.29 is 14.0 Å². The van der Waals surface area contributed by atoms with E-state index < -0.39 is 6.04 Å². The molecule has 4 N–H and O–H groups in total. The van der Waals surface area contributed by atoms with E-state index in [2.05, 4.69) is 10.6 Å². The van der Waals surface area contributed by atoms with E-state index in [-0.39, 0.29) is 36.1 Å². The average Bonchev–Trinajstić information content (AvgIpc) is 2.88. The second-order valence-electron chi connectivity index (χ2n) is 5.95. The summed E-state index contributed by atoms with van der Waals surface area (Å²) >= 11 is 0. The van der Waals surface area contributed by atoms with Gasteiger partial charge in [-0.25, -0.2) is 4.39 Å². The lowest BCUT2D eigenvalue weighted by Crippen LogP contribution is -2.47. The van der Waals surface area contributed by atoms with Crippen LogP contribution in [0.3, 0.4) is 0 Å². The summed E-state index contributed by atoms with van der Waals surface area (Å²) in [4.78, 5) is 23.6. The molecule has 0 bridgehead atoms. The average molecular weight is 307 g/mol. The van der Waals surface area contributed by atoms with Crippen molar-refractivity contribution >= 4 is 11.8 Å². The van der Waals surface area contributed by atoms with Crippen molar-refractivity contribution in [3.63, 3.8) is 0 Å². The maximum absolute atomic E-state index is 13.6. The summed E-state index contributed by atoms with van der Waals surface area (Å²) in [5.74, 6) is -0.868. The predicted octanol–water partition coefficient (Wildman–Crippen LogP) is 1.03. The lowest BCUT2D eigenvalue weighted by molar-refractivity contribution is -0.127. The molecule has 0 fully saturated rings. The first kappa shape index (κ1) is 16.4. The van der Waals surface area contributed by atoms with Crippen LogP contribution in [0.2, 0.25) is 0 Å². The van der Waals surface area contributed by atoms with E-state index in [0.29, 0.717) is 18.4 Å². The second-order valence-corrected chi connectivity index (χ2v) is 5.95. The number of nitrogens with two attached hydrogens (primary N) is 1. The first-order valence-electron chi connectivity index (χ1n) is 7.50. The molecule has 2 atom stereocenters. The lowest BCUT2D eigenvalue weighted by Gasteiger charge is -2.17. The minimum absolute atomic E-state index is 0.00717. The van der Waals surface area contributed by atoms with Crippen LogP contribution in [-0.2, 0) is 16.0 Å². The van der Waals surface area contributed by atoms with Crippen LogP contribution in [0.1, 0.15) is 37.4 Å². The Kier molecular flexibility index (Phi) is 5.13. The minimum atomic E-state index is -0.630. The van der Waals surface area contributed by atoms with Gasteiger partial charge in [-0.3, -0.25) is 9.59 Å². The van der Waals surface area contributed by atoms with E-state index in [1.165, 1.54) is 6.07 Å². The molecule has 1 unspecified atom stereocenters. The van der Waals surface area contributed by atoms with Crippen molar-refractivity contribution in [1.29, 1.82) is 0 Å². The summed E-state index contributed by atoms with van der Waals surface area (Å²) in [5.41, 5.74) is 7.19. The molecule has 5 nitrogen and oxygen atoms in total. The van der Waals surface area contributed by atoms with Crippen molar-refractivity contribution in [3.8, 4) is 0 Å². The molecule has 1 aromatic carbocycles. The highest BCUT2D eigenvalue weighted by atomic mass is 19.1. The lowest BCUT2D eigenvalue weighted by atomic mass is 10.1. The zero-order valence-electron chi connectivity index (χ0n) is 12.9. The van der Waals surface area contributed by atoms with Gasteiger partial charge in [0.1, 0.15) is 5.82 Å². The Balaban J connectivity index is 1.87. The van der Waals surface area contributed by atoms with Gasteiger partial charge in [-0.1, -0.05) is 26.0 Å². The topological polar surface area (TPSA) is 84.2 Å². The number of benzene rings is 1. The summed E-state index contributed by atoms with van der Waals surface area (Å²) in [6.45, 7) is 3.56. The van der Waals surface area contributed by atoms with E-state index in [1.807, 2.05) is 19.9 Å². The fourth-order valence-corrected chi connectivity index (χ4v) is 2.59. The normalized spacial score (nSPS) is 18.0. The number of halogens is 1. The van der Waals surface area contributed by atoms with Crippen molar-refractivity contribution in [2.75, 3.05) is 6.54 Å². The number of rotatable bonds is 5. The van der Waals surface area contributed by atoms with Gasteiger partial charge in [0.05, 0.1) is 18.6 Å². The van der Waals surface area contributed by atoms with Gasteiger partial charge in [-0.05, 0) is 36.0 Å². The first-order valence-corrected chi connectivity index (χ1v) is 7.50. The summed E-state index contributed by atoms with van der Waals surface area (Å²) in [5, 5.41) is 5.35. The molecule has 1 aliphatic rings. The Morgan fingerprint density at radius 1 is 1.41 bits per heavy atom. The van der Waals surface area contributed by atoms with Crippen LogP contribution in [0.5, 0.6) is 0 Å². The van der Waals surface area contributed by atoms with E-state index in [0.717, 1.165) is 5.56 Å². The number of carbonyl (C=O) groups is 2. The highest BCUT2D eigenvalue weighted by Crippen LogP contribution is 2.32. The summed E-state index contributed by atoms with van der Waals surface area (Å²) in [6, 6.07) is 4.06. The number of amides is 2. The second kappa shape index (κ2) is 6.87. The molecule has 0 aliphatic heterocycles. The minimum Gasteiger partial charge on any atom is -0.348 e. The van der Waals surface area contributed by atoms with Crippen LogP contribution in [-0.4, -0.2) is 24.4 Å². The van der Waals surface area contributed by atoms with Crippen LogP contribution in [0.25, 0.3) is 0 Å². The van der Waals surface area contributed by atoms with E-state index in [1.54, 1.807) is 6.07 Å². The fraction of sp³-hybridized carbons (Fsp3) is 0.500. The van der Waals surface area contributed by atoms with Gasteiger partial charge >= 0.3 is 0 Å². The Labute approximate surface area is 129 Å². The maximum atomic E-state index is 13.6. The summed E-state index contributed by atoms with van der Waals surface area (Å²) < 4.78 is 13.6. The number of hydrogen-bond acceptors (Lipinski definition) is 3. The highest BCUT2D eigenvalue weighted by molar-refractivity contribution is 5.87. The first-order chi connectivity index (χ1) is 10.4. The third-order valence-corrected chi connectivity index (χ3v) is 3.99.